The molecule has 0 spiro atoms. The highest BCUT2D eigenvalue weighted by atomic mass is 16.5. The second kappa shape index (κ2) is 6.30. The van der Waals surface area contributed by atoms with Crippen LogP contribution >= 0.6 is 0 Å². The van der Waals surface area contributed by atoms with Crippen LogP contribution in [0.1, 0.15) is 34.6 Å². The Kier molecular flexibility index (Phi) is 5.78. The highest BCUT2D eigenvalue weighted by molar-refractivity contribution is 5.82. The van der Waals surface area contributed by atoms with Crippen LogP contribution in [0.3, 0.4) is 0 Å². The Balaban J connectivity index is 4.55. The summed E-state index contributed by atoms with van der Waals surface area (Å²) >= 11 is 0. The summed E-state index contributed by atoms with van der Waals surface area (Å²) in [7, 11) is 0. The highest BCUT2D eigenvalue weighted by Gasteiger charge is 2.25. The molecule has 0 bridgehead atoms. The molecule has 16 heavy (non-hydrogen) atoms. The first-order valence-corrected chi connectivity index (χ1v) is 5.29. The third kappa shape index (κ3) is 6.22. The molecule has 0 saturated heterocycles. The van der Waals surface area contributed by atoms with E-state index >= 15 is 0 Å². The van der Waals surface area contributed by atoms with E-state index in [0.29, 0.717) is 6.61 Å². The van der Waals surface area contributed by atoms with Gasteiger partial charge < -0.3 is 9.47 Å². The van der Waals surface area contributed by atoms with Gasteiger partial charge >= 0.3 is 11.9 Å². The third-order valence-corrected chi connectivity index (χ3v) is 1.84. The number of ether oxygens (including phenoxy) is 2. The van der Waals surface area contributed by atoms with E-state index in [1.54, 1.807) is 13.0 Å². The molecule has 0 aliphatic carbocycles. The summed E-state index contributed by atoms with van der Waals surface area (Å²) in [5, 5.41) is 0. The lowest BCUT2D eigenvalue weighted by Gasteiger charge is -2.27. The molecule has 0 aromatic carbocycles. The Labute approximate surface area is 96.6 Å². The zero-order valence-electron chi connectivity index (χ0n) is 10.6. The van der Waals surface area contributed by atoms with Crippen molar-refractivity contribution in [2.75, 3.05) is 6.61 Å². The predicted molar refractivity (Wildman–Crippen MR) is 60.8 cm³/mol. The maximum atomic E-state index is 11.1. The molecule has 0 aromatic heterocycles. The van der Waals surface area contributed by atoms with Gasteiger partial charge in [0.2, 0.25) is 0 Å². The van der Waals surface area contributed by atoms with E-state index in [1.807, 2.05) is 20.8 Å². The van der Waals surface area contributed by atoms with Gasteiger partial charge in [0, 0.05) is 18.4 Å². The van der Waals surface area contributed by atoms with E-state index in [2.05, 4.69) is 0 Å². The molecule has 0 amide bonds. The van der Waals surface area contributed by atoms with Gasteiger partial charge in [0.15, 0.2) is 0 Å². The van der Waals surface area contributed by atoms with Crippen LogP contribution in [0.5, 0.6) is 0 Å². The molecule has 0 radical (unpaired) electrons. The van der Waals surface area contributed by atoms with Gasteiger partial charge in [-0.1, -0.05) is 20.8 Å². The van der Waals surface area contributed by atoms with Crippen molar-refractivity contribution in [2.45, 2.75) is 40.7 Å². The first-order valence-electron chi connectivity index (χ1n) is 5.29. The molecule has 4 heteroatoms. The zero-order chi connectivity index (χ0) is 12.8. The average molecular weight is 228 g/mol. The molecule has 92 valence electrons. The van der Waals surface area contributed by atoms with Gasteiger partial charge in [0.05, 0.1) is 6.61 Å². The highest BCUT2D eigenvalue weighted by Crippen LogP contribution is 2.23. The SMILES string of the molecule is CCOC(=O)/C=C/[C@H](OC(C)=O)C(C)(C)C. The normalized spacial score (nSPS) is 13.6. The molecule has 0 fully saturated rings. The van der Waals surface area contributed by atoms with E-state index in [4.69, 9.17) is 9.47 Å². The second-order valence-electron chi connectivity index (χ2n) is 4.51. The number of rotatable bonds is 4. The van der Waals surface area contributed by atoms with E-state index < -0.39 is 12.1 Å². The first-order chi connectivity index (χ1) is 7.27. The molecule has 4 nitrogen and oxygen atoms in total. The summed E-state index contributed by atoms with van der Waals surface area (Å²) in [6.07, 6.45) is 2.41. The smallest absolute Gasteiger partial charge is 0.330 e. The Morgan fingerprint density at radius 3 is 2.25 bits per heavy atom. The van der Waals surface area contributed by atoms with Crippen molar-refractivity contribution < 1.29 is 19.1 Å². The average Bonchev–Trinajstić information content (AvgIpc) is 2.10. The van der Waals surface area contributed by atoms with Gasteiger partial charge in [-0.05, 0) is 13.0 Å². The van der Waals surface area contributed by atoms with E-state index in [0.717, 1.165) is 0 Å². The van der Waals surface area contributed by atoms with Crippen LogP contribution in [0.4, 0.5) is 0 Å². The molecular weight excluding hydrogens is 208 g/mol. The summed E-state index contributed by atoms with van der Waals surface area (Å²) in [5.74, 6) is -0.794. The number of hydrogen-bond acceptors (Lipinski definition) is 4. The van der Waals surface area contributed by atoms with Gasteiger partial charge in [-0.25, -0.2) is 4.79 Å². The lowest BCUT2D eigenvalue weighted by molar-refractivity contribution is -0.148. The molecule has 0 aliphatic heterocycles. The minimum Gasteiger partial charge on any atom is -0.463 e. The van der Waals surface area contributed by atoms with E-state index in [9.17, 15) is 9.59 Å². The van der Waals surface area contributed by atoms with Crippen molar-refractivity contribution in [3.05, 3.63) is 12.2 Å². The van der Waals surface area contributed by atoms with Gasteiger partial charge in [0.1, 0.15) is 6.10 Å². The largest absolute Gasteiger partial charge is 0.463 e. The van der Waals surface area contributed by atoms with E-state index in [1.165, 1.54) is 13.0 Å². The van der Waals surface area contributed by atoms with Crippen LogP contribution in [0, 0.1) is 5.41 Å². The molecule has 0 aliphatic rings. The van der Waals surface area contributed by atoms with Crippen molar-refractivity contribution in [2.24, 2.45) is 5.41 Å². The van der Waals surface area contributed by atoms with Gasteiger partial charge in [-0.3, -0.25) is 4.79 Å². The Bertz CT molecular complexity index is 273. The lowest BCUT2D eigenvalue weighted by Crippen LogP contribution is -2.29. The summed E-state index contributed by atoms with van der Waals surface area (Å²) in [4.78, 5) is 22.0. The lowest BCUT2D eigenvalue weighted by atomic mass is 9.88. The summed E-state index contributed by atoms with van der Waals surface area (Å²) in [6.45, 7) is 9.19. The molecule has 0 unspecified atom stereocenters. The summed E-state index contributed by atoms with van der Waals surface area (Å²) in [5.41, 5.74) is -0.255. The monoisotopic (exact) mass is 228 g/mol. The minimum atomic E-state index is -0.436. The van der Waals surface area contributed by atoms with Crippen molar-refractivity contribution in [3.8, 4) is 0 Å². The van der Waals surface area contributed by atoms with Crippen LogP contribution < -0.4 is 0 Å². The number of carbonyl (C=O) groups excluding carboxylic acids is 2. The molecule has 0 N–H and O–H groups in total. The molecule has 1 atom stereocenters. The van der Waals surface area contributed by atoms with Crippen molar-refractivity contribution in [1.82, 2.24) is 0 Å². The maximum absolute atomic E-state index is 11.1. The Morgan fingerprint density at radius 1 is 1.31 bits per heavy atom. The number of hydrogen-bond donors (Lipinski definition) is 0. The first kappa shape index (κ1) is 14.7. The zero-order valence-corrected chi connectivity index (χ0v) is 10.6. The fourth-order valence-corrected chi connectivity index (χ4v) is 1.04. The summed E-state index contributed by atoms with van der Waals surface area (Å²) < 4.78 is 9.85. The van der Waals surface area contributed by atoms with E-state index in [-0.39, 0.29) is 11.4 Å². The van der Waals surface area contributed by atoms with Crippen LogP contribution in [-0.2, 0) is 19.1 Å². The van der Waals surface area contributed by atoms with Gasteiger partial charge in [-0.2, -0.15) is 0 Å². The summed E-state index contributed by atoms with van der Waals surface area (Å²) in [6, 6.07) is 0. The fraction of sp³-hybridized carbons (Fsp3) is 0.667. The molecule has 0 aromatic rings. The second-order valence-corrected chi connectivity index (χ2v) is 4.51. The van der Waals surface area contributed by atoms with Gasteiger partial charge in [0.25, 0.3) is 0 Å². The Morgan fingerprint density at radius 2 is 1.88 bits per heavy atom. The van der Waals surface area contributed by atoms with Crippen LogP contribution in [-0.4, -0.2) is 24.6 Å². The van der Waals surface area contributed by atoms with Crippen molar-refractivity contribution in [1.29, 1.82) is 0 Å². The molecular formula is C12H20O4. The minimum absolute atomic E-state index is 0.255. The standard InChI is InChI=1S/C12H20O4/c1-6-15-11(14)8-7-10(12(3,4)5)16-9(2)13/h7-8,10H,6H2,1-5H3/b8-7+/t10-/m0/s1. The quantitative estimate of drug-likeness (QED) is 0.546. The van der Waals surface area contributed by atoms with Crippen molar-refractivity contribution in [3.63, 3.8) is 0 Å². The third-order valence-electron chi connectivity index (χ3n) is 1.84. The fourth-order valence-electron chi connectivity index (χ4n) is 1.04. The predicted octanol–water partition coefficient (Wildman–Crippen LogP) is 2.08. The topological polar surface area (TPSA) is 52.6 Å². The number of carbonyl (C=O) groups is 2. The molecule has 0 heterocycles. The van der Waals surface area contributed by atoms with Crippen LogP contribution in [0.25, 0.3) is 0 Å². The van der Waals surface area contributed by atoms with Crippen LogP contribution in [0.15, 0.2) is 12.2 Å². The Hall–Kier alpha value is -1.32. The molecule has 0 rings (SSSR count). The maximum Gasteiger partial charge on any atom is 0.330 e. The van der Waals surface area contributed by atoms with Crippen molar-refractivity contribution >= 4 is 11.9 Å². The molecule has 0 saturated carbocycles. The number of esters is 2. The van der Waals surface area contributed by atoms with Gasteiger partial charge in [-0.15, -0.1) is 0 Å². The van der Waals surface area contributed by atoms with Crippen LogP contribution in [0.2, 0.25) is 0 Å².